The summed E-state index contributed by atoms with van der Waals surface area (Å²) in [5.41, 5.74) is 4.30. The van der Waals surface area contributed by atoms with E-state index in [-0.39, 0.29) is 0 Å². The molecule has 1 N–H and O–H groups in total. The normalized spacial score (nSPS) is 11.9. The lowest BCUT2D eigenvalue weighted by Gasteiger charge is -2.30. The Morgan fingerprint density at radius 1 is 0.875 bits per heavy atom. The van der Waals surface area contributed by atoms with Crippen molar-refractivity contribution in [2.75, 3.05) is 13.2 Å². The van der Waals surface area contributed by atoms with Crippen molar-refractivity contribution in [1.82, 2.24) is 35.4 Å². The number of rotatable bonds is 16. The number of tetrazole rings is 1. The van der Waals surface area contributed by atoms with Crippen molar-refractivity contribution in [2.24, 2.45) is 5.92 Å². The summed E-state index contributed by atoms with van der Waals surface area (Å²) < 4.78 is 14.7. The van der Waals surface area contributed by atoms with E-state index in [4.69, 9.17) is 19.6 Å². The summed E-state index contributed by atoms with van der Waals surface area (Å²) in [5.74, 6) is 1.81. The van der Waals surface area contributed by atoms with E-state index in [1.807, 2.05) is 18.2 Å². The Labute approximate surface area is 237 Å². The van der Waals surface area contributed by atoms with Crippen LogP contribution in [0, 0.1) is 5.92 Å². The van der Waals surface area contributed by atoms with Crippen molar-refractivity contribution in [1.29, 1.82) is 0 Å². The van der Waals surface area contributed by atoms with Gasteiger partial charge in [0.05, 0.1) is 13.2 Å². The number of H-pyrrole nitrogens is 1. The van der Waals surface area contributed by atoms with E-state index >= 15 is 0 Å². The largest absolute Gasteiger partial charge is 0.343 e. The zero-order valence-electron chi connectivity index (χ0n) is 24.6. The van der Waals surface area contributed by atoms with Crippen molar-refractivity contribution in [3.05, 3.63) is 65.7 Å². The number of hydrogen-bond acceptors (Lipinski definition) is 7. The fourth-order valence-corrected chi connectivity index (χ4v) is 4.87. The van der Waals surface area contributed by atoms with E-state index in [1.54, 1.807) is 0 Å². The summed E-state index contributed by atoms with van der Waals surface area (Å²) in [4.78, 5) is 5.08. The third-order valence-corrected chi connectivity index (χ3v) is 7.37. The smallest absolute Gasteiger partial charge is 0.231 e. The van der Waals surface area contributed by atoms with E-state index < -0.39 is 5.79 Å². The number of nitrogens with zero attached hydrogens (tertiary/aromatic N) is 6. The number of benzene rings is 2. The Hall–Kier alpha value is -3.43. The van der Waals surface area contributed by atoms with Gasteiger partial charge in [-0.3, -0.25) is 0 Å². The maximum absolute atomic E-state index is 6.32. The predicted molar refractivity (Wildman–Crippen MR) is 156 cm³/mol. The van der Waals surface area contributed by atoms with Crippen LogP contribution in [0.5, 0.6) is 0 Å². The molecule has 4 rings (SSSR count). The van der Waals surface area contributed by atoms with E-state index in [1.165, 1.54) is 5.56 Å². The predicted octanol–water partition coefficient (Wildman–Crippen LogP) is 6.57. The van der Waals surface area contributed by atoms with Crippen LogP contribution in [0.1, 0.15) is 83.9 Å². The first kappa shape index (κ1) is 29.6. The molecule has 0 atom stereocenters. The molecule has 2 aromatic heterocycles. The van der Waals surface area contributed by atoms with Gasteiger partial charge in [-0.05, 0) is 45.9 Å². The van der Waals surface area contributed by atoms with Crippen LogP contribution >= 0.6 is 0 Å². The second kappa shape index (κ2) is 14.3. The van der Waals surface area contributed by atoms with E-state index in [0.29, 0.717) is 43.6 Å². The maximum atomic E-state index is 6.32. The second-order valence-corrected chi connectivity index (χ2v) is 10.2. The molecule has 0 aliphatic heterocycles. The van der Waals surface area contributed by atoms with Crippen LogP contribution in [0.4, 0.5) is 0 Å². The number of nitrogens with one attached hydrogen (secondary N) is 1. The summed E-state index contributed by atoms with van der Waals surface area (Å²) in [5, 5.41) is 19.5. The highest BCUT2D eigenvalue weighted by Gasteiger charge is 2.38. The van der Waals surface area contributed by atoms with Crippen LogP contribution in [0.2, 0.25) is 0 Å². The van der Waals surface area contributed by atoms with Crippen LogP contribution in [-0.4, -0.2) is 48.6 Å². The number of aromatic amines is 1. The first-order valence-electron chi connectivity index (χ1n) is 14.7. The fraction of sp³-hybridized carbons (Fsp3) is 0.516. The molecule has 9 nitrogen and oxygen atoms in total. The van der Waals surface area contributed by atoms with Gasteiger partial charge in [-0.25, -0.2) is 14.8 Å². The topological polar surface area (TPSA) is 104 Å². The molecule has 0 amide bonds. The third-order valence-electron chi connectivity index (χ3n) is 7.37. The Morgan fingerprint density at radius 2 is 1.55 bits per heavy atom. The first-order chi connectivity index (χ1) is 19.6. The molecule has 4 aromatic rings. The average molecular weight is 546 g/mol. The van der Waals surface area contributed by atoms with Gasteiger partial charge < -0.3 is 9.47 Å². The molecule has 0 saturated heterocycles. The zero-order chi connectivity index (χ0) is 28.4. The second-order valence-electron chi connectivity index (χ2n) is 10.2. The molecule has 214 valence electrons. The lowest BCUT2D eigenvalue weighted by atomic mass is 9.97. The summed E-state index contributed by atoms with van der Waals surface area (Å²) in [6, 6.07) is 16.7. The Bertz CT molecular complexity index is 1290. The highest BCUT2D eigenvalue weighted by molar-refractivity contribution is 5.80. The van der Waals surface area contributed by atoms with Crippen molar-refractivity contribution in [3.8, 4) is 22.5 Å². The minimum Gasteiger partial charge on any atom is -0.343 e. The van der Waals surface area contributed by atoms with E-state index in [2.05, 4.69) is 90.3 Å². The van der Waals surface area contributed by atoms with E-state index in [0.717, 1.165) is 54.7 Å². The van der Waals surface area contributed by atoms with Crippen LogP contribution in [0.15, 0.2) is 48.5 Å². The highest BCUT2D eigenvalue weighted by Crippen LogP contribution is 2.32. The van der Waals surface area contributed by atoms with Crippen molar-refractivity contribution in [3.63, 3.8) is 0 Å². The molecule has 0 bridgehead atoms. The van der Waals surface area contributed by atoms with Crippen molar-refractivity contribution < 1.29 is 9.47 Å². The van der Waals surface area contributed by atoms with Gasteiger partial charge in [0.2, 0.25) is 11.6 Å². The van der Waals surface area contributed by atoms with Crippen molar-refractivity contribution >= 4 is 0 Å². The summed E-state index contributed by atoms with van der Waals surface area (Å²) in [6.07, 6.45) is 5.32. The lowest BCUT2D eigenvalue weighted by Crippen LogP contribution is -2.35. The van der Waals surface area contributed by atoms with Crippen molar-refractivity contribution in [2.45, 2.75) is 85.5 Å². The molecule has 0 unspecified atom stereocenters. The molecular weight excluding hydrogens is 502 g/mol. The maximum Gasteiger partial charge on any atom is 0.231 e. The molecule has 0 spiro atoms. The van der Waals surface area contributed by atoms with Gasteiger partial charge in [0.1, 0.15) is 5.82 Å². The quantitative estimate of drug-likeness (QED) is 0.159. The number of hydrogen-bond donors (Lipinski definition) is 1. The molecule has 0 saturated carbocycles. The van der Waals surface area contributed by atoms with Gasteiger partial charge in [0, 0.05) is 24.9 Å². The fourth-order valence-electron chi connectivity index (χ4n) is 4.87. The Morgan fingerprint density at radius 3 is 2.12 bits per heavy atom. The van der Waals surface area contributed by atoms with Gasteiger partial charge >= 0.3 is 0 Å². The van der Waals surface area contributed by atoms with Crippen LogP contribution in [-0.2, 0) is 28.2 Å². The highest BCUT2D eigenvalue weighted by atomic mass is 16.7. The minimum absolute atomic E-state index is 0.530. The van der Waals surface area contributed by atoms with Crippen LogP contribution in [0.25, 0.3) is 22.5 Å². The summed E-state index contributed by atoms with van der Waals surface area (Å²) in [7, 11) is 0. The minimum atomic E-state index is -0.928. The molecule has 40 heavy (non-hydrogen) atoms. The van der Waals surface area contributed by atoms with Gasteiger partial charge in [0.15, 0.2) is 5.82 Å². The number of ether oxygens (including phenoxy) is 2. The first-order valence-corrected chi connectivity index (χ1v) is 14.7. The molecule has 9 heteroatoms. The summed E-state index contributed by atoms with van der Waals surface area (Å²) >= 11 is 0. The molecule has 2 heterocycles. The molecule has 2 aromatic carbocycles. The van der Waals surface area contributed by atoms with Gasteiger partial charge in [-0.1, -0.05) is 96.0 Å². The van der Waals surface area contributed by atoms with Gasteiger partial charge in [-0.15, -0.1) is 5.10 Å². The number of aromatic nitrogens is 7. The molecular formula is C31H43N7O2. The van der Waals surface area contributed by atoms with Crippen LogP contribution < -0.4 is 0 Å². The Kier molecular flexibility index (Phi) is 10.5. The molecule has 0 fully saturated rings. The molecule has 0 radical (unpaired) electrons. The zero-order valence-corrected chi connectivity index (χ0v) is 24.6. The monoisotopic (exact) mass is 545 g/mol. The van der Waals surface area contributed by atoms with E-state index in [9.17, 15) is 0 Å². The van der Waals surface area contributed by atoms with Crippen LogP contribution in [0.3, 0.4) is 0 Å². The standard InChI is InChI=1S/C31H43N7O2/c1-6-19-39-31(10-5,40-20-7-2)30-32-28(38(35-30)22-23(8-3)9-4)21-24-15-17-25(18-16-24)26-13-11-12-14-27(26)29-33-36-37-34-29/h11-18,23H,6-10,19-22H2,1-5H3,(H,33,34,36,37). The van der Waals surface area contributed by atoms with Gasteiger partial charge in [0.25, 0.3) is 0 Å². The Balaban J connectivity index is 1.65. The lowest BCUT2D eigenvalue weighted by molar-refractivity contribution is -0.253. The SMILES string of the molecule is CCCOC(CC)(OCCC)c1nc(Cc2ccc(-c3ccccc3-c3nnn[nH]3)cc2)n(CC(CC)CC)n1. The average Bonchev–Trinajstić information content (AvgIpc) is 3.68. The third kappa shape index (κ3) is 6.82. The molecule has 0 aliphatic carbocycles. The van der Waals surface area contributed by atoms with Gasteiger partial charge in [-0.2, -0.15) is 5.10 Å². The summed E-state index contributed by atoms with van der Waals surface area (Å²) in [6.45, 7) is 12.8. The molecule has 0 aliphatic rings.